The molecule has 1 aliphatic carbocycles. The molecular weight excluding hydrogens is 792 g/mol. The van der Waals surface area contributed by atoms with Crippen molar-refractivity contribution in [1.82, 2.24) is 25.4 Å². The molecule has 4 aromatic rings. The van der Waals surface area contributed by atoms with Gasteiger partial charge in [0.05, 0.1) is 16.8 Å². The number of ether oxygens (including phenoxy) is 1. The number of halogens is 1. The molecule has 4 aliphatic heterocycles. The number of benzene rings is 3. The van der Waals surface area contributed by atoms with Gasteiger partial charge >= 0.3 is 0 Å². The summed E-state index contributed by atoms with van der Waals surface area (Å²) in [5.41, 5.74) is 2.73. The number of hydrogen-bond donors (Lipinski definition) is 3. The smallest absolute Gasteiger partial charge is 0.255 e. The summed E-state index contributed by atoms with van der Waals surface area (Å²) < 4.78 is 22.4. The van der Waals surface area contributed by atoms with Crippen LogP contribution in [0.1, 0.15) is 78.8 Å². The molecule has 0 radical (unpaired) electrons. The van der Waals surface area contributed by atoms with Crippen LogP contribution >= 0.6 is 0 Å². The van der Waals surface area contributed by atoms with E-state index in [9.17, 15) is 29.2 Å². The molecule has 14 nitrogen and oxygen atoms in total. The number of H-pyrrole nitrogens is 1. The Hall–Kier alpha value is -6.27. The number of aromatic nitrogens is 1. The molecule has 5 aliphatic rings. The lowest BCUT2D eigenvalue weighted by molar-refractivity contribution is -0.163. The Morgan fingerprint density at radius 1 is 0.919 bits per heavy atom. The Labute approximate surface area is 359 Å². The Balaban J connectivity index is 0.769. The van der Waals surface area contributed by atoms with E-state index in [4.69, 9.17) is 4.74 Å². The number of fused-ring (bicyclic) bond motifs is 2. The molecule has 322 valence electrons. The number of aromatic amines is 1. The van der Waals surface area contributed by atoms with Crippen molar-refractivity contribution in [3.05, 3.63) is 99.1 Å². The van der Waals surface area contributed by atoms with Crippen molar-refractivity contribution in [1.29, 1.82) is 5.26 Å². The Bertz CT molecular complexity index is 2590. The van der Waals surface area contributed by atoms with Gasteiger partial charge in [0.2, 0.25) is 17.4 Å². The first-order chi connectivity index (χ1) is 29.6. The van der Waals surface area contributed by atoms with E-state index in [1.54, 1.807) is 35.2 Å². The van der Waals surface area contributed by atoms with Crippen molar-refractivity contribution >= 4 is 45.9 Å². The van der Waals surface area contributed by atoms with Crippen LogP contribution in [0.15, 0.2) is 65.5 Å². The molecule has 0 spiro atoms. The van der Waals surface area contributed by atoms with E-state index in [0.717, 1.165) is 63.5 Å². The zero-order chi connectivity index (χ0) is 43.7. The molecule has 0 unspecified atom stereocenters. The molecule has 3 aromatic carbocycles. The van der Waals surface area contributed by atoms with Crippen LogP contribution in [0.2, 0.25) is 0 Å². The zero-order valence-electron chi connectivity index (χ0n) is 35.4. The van der Waals surface area contributed by atoms with Crippen molar-refractivity contribution in [2.45, 2.75) is 71.7 Å². The summed E-state index contributed by atoms with van der Waals surface area (Å²) in [5.74, 6) is -0.766. The number of carbonyl (C=O) groups excluding carboxylic acids is 4. The van der Waals surface area contributed by atoms with Crippen LogP contribution in [-0.2, 0) is 16.1 Å². The SMILES string of the molecule is CC1(C)C(NC(=O)c2ccc(N3CC[C@H](CN4CCN(c5ccc6c(c5)CN([C@H]5CCC(=O)NC5=O)C6=O)CC4)C3)c(F)c2)C(C)(C)C1Oc1ccc(C#N)c2[nH]c(=O)ccc12. The van der Waals surface area contributed by atoms with Crippen LogP contribution in [0.3, 0.4) is 0 Å². The molecule has 2 atom stereocenters. The number of piperidine rings is 1. The van der Waals surface area contributed by atoms with Gasteiger partial charge < -0.3 is 29.7 Å². The van der Waals surface area contributed by atoms with Gasteiger partial charge in [-0.2, -0.15) is 5.26 Å². The van der Waals surface area contributed by atoms with Gasteiger partial charge in [0.15, 0.2) is 0 Å². The zero-order valence-corrected chi connectivity index (χ0v) is 35.4. The van der Waals surface area contributed by atoms with Gasteiger partial charge in [-0.1, -0.05) is 27.7 Å². The summed E-state index contributed by atoms with van der Waals surface area (Å²) in [6.07, 6.45) is 1.18. The van der Waals surface area contributed by atoms with E-state index in [2.05, 4.69) is 42.5 Å². The number of anilines is 2. The summed E-state index contributed by atoms with van der Waals surface area (Å²) in [5, 5.41) is 15.7. The monoisotopic (exact) mass is 842 g/mol. The number of amides is 4. The lowest BCUT2D eigenvalue weighted by Gasteiger charge is -2.63. The number of carbonyl (C=O) groups is 4. The minimum Gasteiger partial charge on any atom is -0.488 e. The average molecular weight is 843 g/mol. The van der Waals surface area contributed by atoms with E-state index in [-0.39, 0.29) is 47.4 Å². The third kappa shape index (κ3) is 7.23. The maximum atomic E-state index is 15.8. The molecule has 5 heterocycles. The molecule has 4 amide bonds. The van der Waals surface area contributed by atoms with Crippen molar-refractivity contribution in [3.8, 4) is 11.8 Å². The van der Waals surface area contributed by atoms with Gasteiger partial charge in [0, 0.05) is 104 Å². The van der Waals surface area contributed by atoms with Crippen LogP contribution in [0.4, 0.5) is 15.8 Å². The highest BCUT2D eigenvalue weighted by atomic mass is 19.1. The summed E-state index contributed by atoms with van der Waals surface area (Å²) in [7, 11) is 0. The predicted octanol–water partition coefficient (Wildman–Crippen LogP) is 4.56. The summed E-state index contributed by atoms with van der Waals surface area (Å²) >= 11 is 0. The number of hydrogen-bond acceptors (Lipinski definition) is 10. The van der Waals surface area contributed by atoms with Gasteiger partial charge in [-0.05, 0) is 78.9 Å². The second kappa shape index (κ2) is 15.6. The third-order valence-corrected chi connectivity index (χ3v) is 13.9. The van der Waals surface area contributed by atoms with Crippen LogP contribution in [0, 0.1) is 33.9 Å². The molecule has 62 heavy (non-hydrogen) atoms. The largest absolute Gasteiger partial charge is 0.488 e. The normalized spacial score (nSPS) is 24.4. The second-order valence-electron chi connectivity index (χ2n) is 18.7. The molecule has 1 aromatic heterocycles. The Morgan fingerprint density at radius 2 is 1.69 bits per heavy atom. The molecule has 15 heteroatoms. The topological polar surface area (TPSA) is 171 Å². The quantitative estimate of drug-likeness (QED) is 0.203. The molecular formula is C47H51FN8O6. The first-order valence-corrected chi connectivity index (χ1v) is 21.5. The van der Waals surface area contributed by atoms with Crippen LogP contribution < -0.4 is 30.7 Å². The third-order valence-electron chi connectivity index (χ3n) is 13.9. The predicted molar refractivity (Wildman–Crippen MR) is 230 cm³/mol. The van der Waals surface area contributed by atoms with Gasteiger partial charge in [-0.25, -0.2) is 4.39 Å². The number of nitriles is 1. The van der Waals surface area contributed by atoms with Crippen molar-refractivity contribution < 1.29 is 28.3 Å². The fourth-order valence-corrected chi connectivity index (χ4v) is 11.0. The van der Waals surface area contributed by atoms with E-state index < -0.39 is 28.6 Å². The molecule has 3 saturated heterocycles. The van der Waals surface area contributed by atoms with E-state index >= 15 is 4.39 Å². The number of nitrogens with zero attached hydrogens (tertiary/aromatic N) is 5. The van der Waals surface area contributed by atoms with E-state index in [1.165, 1.54) is 12.1 Å². The number of piperazine rings is 1. The van der Waals surface area contributed by atoms with Crippen molar-refractivity contribution in [3.63, 3.8) is 0 Å². The fraction of sp³-hybridized carbons (Fsp3) is 0.447. The highest BCUT2D eigenvalue weighted by molar-refractivity contribution is 6.05. The van der Waals surface area contributed by atoms with Gasteiger partial charge in [0.25, 0.3) is 11.8 Å². The summed E-state index contributed by atoms with van der Waals surface area (Å²) in [6.45, 7) is 14.2. The highest BCUT2D eigenvalue weighted by Crippen LogP contribution is 2.56. The van der Waals surface area contributed by atoms with E-state index in [0.29, 0.717) is 52.4 Å². The first-order valence-electron chi connectivity index (χ1n) is 21.5. The Morgan fingerprint density at radius 3 is 2.42 bits per heavy atom. The van der Waals surface area contributed by atoms with Gasteiger partial charge in [-0.15, -0.1) is 0 Å². The molecule has 9 rings (SSSR count). The first kappa shape index (κ1) is 41.1. The fourth-order valence-electron chi connectivity index (χ4n) is 11.0. The lowest BCUT2D eigenvalue weighted by Crippen LogP contribution is -2.74. The number of rotatable bonds is 9. The Kier molecular flexibility index (Phi) is 10.3. The minimum absolute atomic E-state index is 0.172. The second-order valence-corrected chi connectivity index (χ2v) is 18.7. The molecule has 3 N–H and O–H groups in total. The highest BCUT2D eigenvalue weighted by Gasteiger charge is 2.64. The van der Waals surface area contributed by atoms with Gasteiger partial charge in [0.1, 0.15) is 29.8 Å². The summed E-state index contributed by atoms with van der Waals surface area (Å²) in [6, 6.07) is 18.2. The maximum Gasteiger partial charge on any atom is 0.255 e. The van der Waals surface area contributed by atoms with Crippen LogP contribution in [0.25, 0.3) is 10.9 Å². The van der Waals surface area contributed by atoms with Gasteiger partial charge in [-0.3, -0.25) is 34.2 Å². The number of pyridine rings is 1. The van der Waals surface area contributed by atoms with Crippen LogP contribution in [0.5, 0.6) is 5.75 Å². The van der Waals surface area contributed by atoms with Crippen LogP contribution in [-0.4, -0.2) is 102 Å². The molecule has 4 fully saturated rings. The minimum atomic E-state index is -0.634. The standard InChI is InChI=1S/C47H51FN8O6/c1-46(2)44(47(3,4)45(46)62-37-12-6-29(23-49)40-33(37)9-13-38(57)50-40)52-41(59)28-5-10-35(34(48)22-28)55-16-15-27(25-55)24-53-17-19-54(20-18-53)31-7-8-32-30(21-31)26-56(43(32)61)36-11-14-39(58)51-42(36)60/h5-10,12-13,21-22,27,36,44-45H,11,14-20,24-26H2,1-4H3,(H,50,57)(H,52,59)(H,51,58,60)/t27-,36+,44?,45?/m1/s1. The average Bonchev–Trinajstić information content (AvgIpc) is 3.84. The number of imide groups is 1. The lowest BCUT2D eigenvalue weighted by atomic mass is 9.49. The van der Waals surface area contributed by atoms with Crippen molar-refractivity contribution in [2.24, 2.45) is 16.7 Å². The molecule has 0 bridgehead atoms. The molecule has 1 saturated carbocycles. The summed E-state index contributed by atoms with van der Waals surface area (Å²) in [4.78, 5) is 74.1. The van der Waals surface area contributed by atoms with Crippen molar-refractivity contribution in [2.75, 3.05) is 55.6 Å². The van der Waals surface area contributed by atoms with E-state index in [1.807, 2.05) is 39.8 Å². The maximum absolute atomic E-state index is 15.8. The number of nitrogens with one attached hydrogen (secondary N) is 3.